The van der Waals surface area contributed by atoms with Crippen LogP contribution >= 0.6 is 21.6 Å². The van der Waals surface area contributed by atoms with Gasteiger partial charge in [-0.3, -0.25) is 9.63 Å². The molecule has 0 spiro atoms. The van der Waals surface area contributed by atoms with Gasteiger partial charge in [-0.25, -0.2) is 10.3 Å². The molecule has 0 heterocycles. The van der Waals surface area contributed by atoms with Crippen molar-refractivity contribution in [3.05, 3.63) is 29.8 Å². The Morgan fingerprint density at radius 2 is 1.59 bits per heavy atom. The third-order valence-electron chi connectivity index (χ3n) is 4.25. The van der Waals surface area contributed by atoms with E-state index in [9.17, 15) is 9.59 Å². The molecule has 0 radical (unpaired) electrons. The second-order valence-electron chi connectivity index (χ2n) is 7.84. The molecule has 0 saturated heterocycles. The Morgan fingerprint density at radius 1 is 0.946 bits per heavy atom. The van der Waals surface area contributed by atoms with Crippen LogP contribution < -0.4 is 21.4 Å². The zero-order chi connectivity index (χ0) is 27.0. The van der Waals surface area contributed by atoms with Gasteiger partial charge < -0.3 is 30.2 Å². The summed E-state index contributed by atoms with van der Waals surface area (Å²) >= 11 is 0. The minimum Gasteiger partial charge on any atom is -0.378 e. The van der Waals surface area contributed by atoms with E-state index in [4.69, 9.17) is 19.0 Å². The standard InChI is InChI=1S/C25H40N4O6S2.4H2/c1-21(2)5-4-10-28-25(31)29-35-20-36-37-23-8-6-22(7-9-23)19-24(30)27-12-14-33-16-18-34-17-15-32-13-11-26-3;;;;/h6-9,21,26H,10-20H2,1-3H3,(H,27,30)(H2,28,29,31);4*1H. The summed E-state index contributed by atoms with van der Waals surface area (Å²) < 4.78 is 16.2. The number of rotatable bonds is 20. The molecule has 0 aromatic heterocycles. The maximum atomic E-state index is 12.1. The van der Waals surface area contributed by atoms with Gasteiger partial charge in [-0.2, -0.15) is 0 Å². The summed E-state index contributed by atoms with van der Waals surface area (Å²) in [5.41, 5.74) is 3.24. The summed E-state index contributed by atoms with van der Waals surface area (Å²) in [5.74, 6) is 6.31. The first kappa shape index (κ1) is 33.0. The minimum atomic E-state index is -0.427. The predicted molar refractivity (Wildman–Crippen MR) is 157 cm³/mol. The number of carbonyl (C=O) groups is 2. The number of hydrogen-bond donors (Lipinski definition) is 4. The van der Waals surface area contributed by atoms with Crippen molar-refractivity contribution in [1.82, 2.24) is 21.4 Å². The lowest BCUT2D eigenvalue weighted by Gasteiger charge is -2.08. The van der Waals surface area contributed by atoms with Crippen LogP contribution in [-0.2, 0) is 30.3 Å². The van der Waals surface area contributed by atoms with E-state index in [2.05, 4.69) is 33.3 Å². The van der Waals surface area contributed by atoms with Crippen molar-refractivity contribution in [2.24, 2.45) is 5.92 Å². The molecule has 37 heavy (non-hydrogen) atoms. The molecule has 3 amide bonds. The molecule has 0 saturated carbocycles. The molecule has 0 fully saturated rings. The number of urea groups is 1. The summed E-state index contributed by atoms with van der Waals surface area (Å²) in [6.45, 7) is 8.71. The lowest BCUT2D eigenvalue weighted by Crippen LogP contribution is -2.35. The number of ether oxygens (including phenoxy) is 3. The molecule has 0 unspecified atom stereocenters. The van der Waals surface area contributed by atoms with Crippen LogP contribution in [-0.4, -0.2) is 84.2 Å². The molecule has 1 rings (SSSR count). The second kappa shape index (κ2) is 23.2. The first-order chi connectivity index (χ1) is 18.0. The topological polar surface area (TPSA) is 119 Å². The Labute approximate surface area is 234 Å². The maximum Gasteiger partial charge on any atom is 0.339 e. The summed E-state index contributed by atoms with van der Waals surface area (Å²) in [6, 6.07) is 7.31. The zero-order valence-electron chi connectivity index (χ0n) is 21.9. The first-order valence-electron chi connectivity index (χ1n) is 12.2. The smallest absolute Gasteiger partial charge is 0.339 e. The normalized spacial score (nSPS) is 10.6. The number of nitrogens with one attached hydrogen (secondary N) is 4. The summed E-state index contributed by atoms with van der Waals surface area (Å²) in [7, 11) is 4.84. The molecule has 0 bridgehead atoms. The summed E-state index contributed by atoms with van der Waals surface area (Å²) in [6.07, 6.45) is 0.304. The Balaban J connectivity index is -0.00000171. The molecule has 10 nitrogen and oxygen atoms in total. The van der Waals surface area contributed by atoms with E-state index in [1.807, 2.05) is 45.2 Å². The highest BCUT2D eigenvalue weighted by Crippen LogP contribution is 2.30. The number of hydrogen-bond acceptors (Lipinski definition) is 9. The average molecular weight is 565 g/mol. The van der Waals surface area contributed by atoms with Crippen molar-refractivity contribution in [1.29, 1.82) is 0 Å². The van der Waals surface area contributed by atoms with Gasteiger partial charge >= 0.3 is 6.03 Å². The molecule has 1 aromatic carbocycles. The van der Waals surface area contributed by atoms with Gasteiger partial charge in [0.1, 0.15) is 5.94 Å². The van der Waals surface area contributed by atoms with Crippen molar-refractivity contribution in [2.75, 3.05) is 72.3 Å². The highest BCUT2D eigenvalue weighted by molar-refractivity contribution is 8.76. The van der Waals surface area contributed by atoms with Gasteiger partial charge in [0, 0.05) is 29.6 Å². The summed E-state index contributed by atoms with van der Waals surface area (Å²) in [5, 5.41) is 8.45. The van der Waals surface area contributed by atoms with E-state index in [1.54, 1.807) is 0 Å². The fourth-order valence-electron chi connectivity index (χ4n) is 2.52. The van der Waals surface area contributed by atoms with Gasteiger partial charge in [0.15, 0.2) is 0 Å². The zero-order valence-corrected chi connectivity index (χ0v) is 23.6. The molecule has 0 atom stereocenters. The van der Waals surface area contributed by atoms with Crippen LogP contribution in [0.5, 0.6) is 0 Å². The second-order valence-corrected chi connectivity index (χ2v) is 10.2. The maximum absolute atomic E-state index is 12.1. The minimum absolute atomic E-state index is 0. The van der Waals surface area contributed by atoms with Crippen LogP contribution in [0.1, 0.15) is 25.1 Å². The molecular formula is C25H48N4O6S2. The van der Waals surface area contributed by atoms with Crippen molar-refractivity contribution in [3.8, 4) is 11.8 Å². The van der Waals surface area contributed by atoms with Gasteiger partial charge in [-0.15, -0.1) is 0 Å². The number of benzene rings is 1. The van der Waals surface area contributed by atoms with E-state index in [-0.39, 0.29) is 30.0 Å². The van der Waals surface area contributed by atoms with Gasteiger partial charge in [-0.05, 0) is 24.7 Å². The van der Waals surface area contributed by atoms with Gasteiger partial charge in [0.05, 0.1) is 52.6 Å². The monoisotopic (exact) mass is 564 g/mol. The Morgan fingerprint density at radius 3 is 2.24 bits per heavy atom. The van der Waals surface area contributed by atoms with E-state index >= 15 is 0 Å². The quantitative estimate of drug-likeness (QED) is 0.0622. The predicted octanol–water partition coefficient (Wildman–Crippen LogP) is 3.19. The van der Waals surface area contributed by atoms with Crippen LogP contribution in [0.2, 0.25) is 0 Å². The van der Waals surface area contributed by atoms with Crippen molar-refractivity contribution in [2.45, 2.75) is 25.2 Å². The SMILES string of the molecule is CNCCOCCOCCOCCNC(=O)Cc1ccc(SSCONC(=O)NCC#CC(C)C)cc1.[HH].[HH].[HH].[HH]. The van der Waals surface area contributed by atoms with E-state index in [1.165, 1.54) is 21.6 Å². The van der Waals surface area contributed by atoms with Crippen molar-refractivity contribution >= 4 is 33.5 Å². The summed E-state index contributed by atoms with van der Waals surface area (Å²) in [4.78, 5) is 29.8. The number of carbonyl (C=O) groups excluding carboxylic acids is 2. The highest BCUT2D eigenvalue weighted by atomic mass is 33.1. The third kappa shape index (κ3) is 20.7. The van der Waals surface area contributed by atoms with Crippen LogP contribution in [0.25, 0.3) is 0 Å². The number of hydroxylamine groups is 1. The van der Waals surface area contributed by atoms with Crippen LogP contribution in [0, 0.1) is 17.8 Å². The highest BCUT2D eigenvalue weighted by Gasteiger charge is 2.04. The lowest BCUT2D eigenvalue weighted by molar-refractivity contribution is -0.120. The fourth-order valence-corrected chi connectivity index (χ4v) is 4.09. The molecule has 216 valence electrons. The van der Waals surface area contributed by atoms with Crippen LogP contribution in [0.4, 0.5) is 4.79 Å². The van der Waals surface area contributed by atoms with Crippen molar-refractivity contribution < 1.29 is 34.3 Å². The van der Waals surface area contributed by atoms with E-state index in [0.717, 1.165) is 17.0 Å². The molecule has 0 aliphatic heterocycles. The van der Waals surface area contributed by atoms with Crippen LogP contribution in [0.15, 0.2) is 29.2 Å². The van der Waals surface area contributed by atoms with Gasteiger partial charge in [0.25, 0.3) is 0 Å². The molecule has 12 heteroatoms. The number of likely N-dealkylation sites (N-methyl/N-ethyl adjacent to an activating group) is 1. The van der Waals surface area contributed by atoms with Crippen molar-refractivity contribution in [3.63, 3.8) is 0 Å². The molecule has 4 N–H and O–H groups in total. The fraction of sp³-hybridized carbons (Fsp3) is 0.600. The average Bonchev–Trinajstić information content (AvgIpc) is 2.88. The third-order valence-corrected chi connectivity index (χ3v) is 6.27. The Kier molecular flexibility index (Phi) is 20.7. The van der Waals surface area contributed by atoms with Gasteiger partial charge in [0.2, 0.25) is 5.91 Å². The molecule has 0 aliphatic carbocycles. The van der Waals surface area contributed by atoms with Gasteiger partial charge in [-0.1, -0.05) is 59.4 Å². The lowest BCUT2D eigenvalue weighted by atomic mass is 10.1. The Bertz CT molecular complexity index is 822. The molecule has 0 aliphatic rings. The first-order valence-corrected chi connectivity index (χ1v) is 14.5. The number of amides is 3. The van der Waals surface area contributed by atoms with Crippen LogP contribution in [0.3, 0.4) is 0 Å². The molecule has 1 aromatic rings. The molecular weight excluding hydrogens is 516 g/mol. The Hall–Kier alpha value is -1.98. The van der Waals surface area contributed by atoms with E-state index in [0.29, 0.717) is 52.6 Å². The van der Waals surface area contributed by atoms with E-state index < -0.39 is 6.03 Å². The largest absolute Gasteiger partial charge is 0.378 e.